The molecule has 0 saturated carbocycles. The molecule has 0 amide bonds. The van der Waals surface area contributed by atoms with Crippen molar-refractivity contribution in [2.24, 2.45) is 0 Å². The highest BCUT2D eigenvalue weighted by Crippen LogP contribution is 2.40. The van der Waals surface area contributed by atoms with E-state index in [9.17, 15) is 4.57 Å². The van der Waals surface area contributed by atoms with Crippen molar-refractivity contribution >= 4 is 51.8 Å². The second-order valence-corrected chi connectivity index (χ2v) is 16.0. The van der Waals surface area contributed by atoms with Crippen molar-refractivity contribution in [2.45, 2.75) is 25.8 Å². The molecule has 0 unspecified atom stereocenters. The van der Waals surface area contributed by atoms with Crippen molar-refractivity contribution in [2.75, 3.05) is 77.0 Å². The molecule has 46 heavy (non-hydrogen) atoms. The van der Waals surface area contributed by atoms with Gasteiger partial charge in [0.15, 0.2) is 0 Å². The van der Waals surface area contributed by atoms with Crippen molar-refractivity contribution in [3.8, 4) is 11.4 Å². The third-order valence-electron chi connectivity index (χ3n) is 9.44. The fourth-order valence-corrected chi connectivity index (χ4v) is 8.39. The molecule has 2 aliphatic heterocycles. The molecule has 0 radical (unpaired) electrons. The number of hydrogen-bond acceptors (Lipinski definition) is 10. The zero-order chi connectivity index (χ0) is 32.0. The van der Waals surface area contributed by atoms with Crippen LogP contribution in [-0.4, -0.2) is 107 Å². The van der Waals surface area contributed by atoms with Crippen LogP contribution in [0.5, 0.6) is 5.75 Å². The van der Waals surface area contributed by atoms with E-state index in [1.807, 2.05) is 29.0 Å². The summed E-state index contributed by atoms with van der Waals surface area (Å²) in [6.07, 6.45) is 9.38. The summed E-state index contributed by atoms with van der Waals surface area (Å²) in [5, 5.41) is 4.97. The summed E-state index contributed by atoms with van der Waals surface area (Å²) in [4.78, 5) is 26.1. The second-order valence-electron chi connectivity index (χ2n) is 12.9. The Balaban J connectivity index is 1.16. The molecule has 2 aromatic carbocycles. The molecule has 0 atom stereocenters. The smallest absolute Gasteiger partial charge is 0.229 e. The normalized spacial score (nSPS) is 17.2. The molecular weight excluding hydrogens is 597 g/mol. The summed E-state index contributed by atoms with van der Waals surface area (Å²) < 4.78 is 21.4. The maximum atomic E-state index is 13.6. The average Bonchev–Trinajstić information content (AvgIpc) is 3.47. The summed E-state index contributed by atoms with van der Waals surface area (Å²) in [6, 6.07) is 10.7. The second kappa shape index (κ2) is 12.3. The number of benzene rings is 2. The standard InChI is InChI=1S/C34H42N9O2P/c1-23-20-27(30(45-3)21-29(23)42-13-9-25(10-14-42)41-18-16-40(2)17-19-41)38-34-37-22-24-8-15-43(33(24)39-34)28-7-6-26-31(36-12-11-35-26)32(28)46(4,5)44/h6-8,11-12,15,20-22,25H,9-10,13-14,16-19H2,1-5H3,(H,37,38,39). The van der Waals surface area contributed by atoms with Gasteiger partial charge >= 0.3 is 0 Å². The molecule has 2 aliphatic rings. The zero-order valence-electron chi connectivity index (χ0n) is 27.3. The Morgan fingerprint density at radius 1 is 0.935 bits per heavy atom. The van der Waals surface area contributed by atoms with Gasteiger partial charge in [-0.2, -0.15) is 4.98 Å². The quantitative estimate of drug-likeness (QED) is 0.248. The van der Waals surface area contributed by atoms with E-state index in [4.69, 9.17) is 9.72 Å². The van der Waals surface area contributed by atoms with Gasteiger partial charge in [0.1, 0.15) is 24.1 Å². The molecule has 0 aliphatic carbocycles. The van der Waals surface area contributed by atoms with Gasteiger partial charge in [0.25, 0.3) is 0 Å². The van der Waals surface area contributed by atoms with Crippen LogP contribution in [-0.2, 0) is 4.57 Å². The Kier molecular flexibility index (Phi) is 8.17. The summed E-state index contributed by atoms with van der Waals surface area (Å²) in [7, 11) is 1.18. The van der Waals surface area contributed by atoms with Gasteiger partial charge < -0.3 is 29.0 Å². The first-order valence-corrected chi connectivity index (χ1v) is 18.6. The van der Waals surface area contributed by atoms with Crippen LogP contribution in [0.3, 0.4) is 0 Å². The number of methoxy groups -OCH3 is 1. The Morgan fingerprint density at radius 3 is 2.43 bits per heavy atom. The molecule has 1 N–H and O–H groups in total. The molecule has 5 heterocycles. The number of fused-ring (bicyclic) bond motifs is 2. The fourth-order valence-electron chi connectivity index (χ4n) is 6.97. The predicted molar refractivity (Wildman–Crippen MR) is 186 cm³/mol. The number of anilines is 3. The number of ether oxygens (including phenoxy) is 1. The minimum absolute atomic E-state index is 0.448. The molecule has 2 fully saturated rings. The van der Waals surface area contributed by atoms with Crippen LogP contribution >= 0.6 is 7.14 Å². The first-order valence-electron chi connectivity index (χ1n) is 16.0. The molecule has 240 valence electrons. The largest absolute Gasteiger partial charge is 0.494 e. The molecule has 0 spiro atoms. The minimum atomic E-state index is -2.74. The molecule has 3 aromatic heterocycles. The highest BCUT2D eigenvalue weighted by Gasteiger charge is 2.28. The van der Waals surface area contributed by atoms with Gasteiger partial charge in [0, 0.05) is 87.2 Å². The number of aryl methyl sites for hydroxylation is 1. The van der Waals surface area contributed by atoms with E-state index in [0.29, 0.717) is 34.0 Å². The topological polar surface area (TPSA) is 105 Å². The number of likely N-dealkylation sites (N-methyl/N-ethyl adjacent to an activating group) is 1. The summed E-state index contributed by atoms with van der Waals surface area (Å²) in [6.45, 7) is 12.4. The van der Waals surface area contributed by atoms with E-state index in [0.717, 1.165) is 48.7 Å². The van der Waals surface area contributed by atoms with Crippen molar-refractivity contribution in [1.82, 2.24) is 34.3 Å². The van der Waals surface area contributed by atoms with Crippen LogP contribution in [0, 0.1) is 6.92 Å². The maximum absolute atomic E-state index is 13.6. The van der Waals surface area contributed by atoms with E-state index in [2.05, 4.69) is 61.1 Å². The minimum Gasteiger partial charge on any atom is -0.494 e. The third kappa shape index (κ3) is 5.83. The zero-order valence-corrected chi connectivity index (χ0v) is 28.2. The van der Waals surface area contributed by atoms with E-state index >= 15 is 0 Å². The SMILES string of the molecule is COc1cc(N2CCC(N3CCN(C)CC3)CC2)c(C)cc1Nc1ncc2ccn(-c3ccc4nccnc4c3P(C)(C)=O)c2n1. The molecule has 5 aromatic rings. The number of nitrogens with zero attached hydrogens (tertiary/aromatic N) is 8. The number of nitrogens with one attached hydrogen (secondary N) is 1. The molecule has 11 nitrogen and oxygen atoms in total. The maximum Gasteiger partial charge on any atom is 0.229 e. The molecule has 7 rings (SSSR count). The molecular formula is C34H42N9O2P. The number of aromatic nitrogens is 5. The van der Waals surface area contributed by atoms with Crippen LogP contribution in [0.2, 0.25) is 0 Å². The Bertz CT molecular complexity index is 1940. The van der Waals surface area contributed by atoms with Gasteiger partial charge in [-0.3, -0.25) is 14.9 Å². The Morgan fingerprint density at radius 2 is 1.70 bits per heavy atom. The lowest BCUT2D eigenvalue weighted by Gasteiger charge is -2.43. The first kappa shape index (κ1) is 30.6. The van der Waals surface area contributed by atoms with E-state index in [1.54, 1.807) is 39.0 Å². The molecule has 0 bridgehead atoms. The highest BCUT2D eigenvalue weighted by molar-refractivity contribution is 7.70. The fraction of sp³-hybridized carbons (Fsp3) is 0.412. The highest BCUT2D eigenvalue weighted by atomic mass is 31.2. The van der Waals surface area contributed by atoms with Gasteiger partial charge in [-0.1, -0.05) is 0 Å². The van der Waals surface area contributed by atoms with E-state index < -0.39 is 7.14 Å². The lowest BCUT2D eigenvalue weighted by Crippen LogP contribution is -2.52. The lowest BCUT2D eigenvalue weighted by molar-refractivity contribution is 0.0982. The number of rotatable bonds is 7. The monoisotopic (exact) mass is 639 g/mol. The number of hydrogen-bond donors (Lipinski definition) is 1. The van der Waals surface area contributed by atoms with Gasteiger partial charge in [0.05, 0.1) is 29.3 Å². The lowest BCUT2D eigenvalue weighted by atomic mass is 10.0. The van der Waals surface area contributed by atoms with Gasteiger partial charge in [-0.05, 0) is 70.0 Å². The average molecular weight is 640 g/mol. The summed E-state index contributed by atoms with van der Waals surface area (Å²) in [5.74, 6) is 1.19. The Labute approximate surface area is 270 Å². The third-order valence-corrected chi connectivity index (χ3v) is 11.0. The van der Waals surface area contributed by atoms with Crippen molar-refractivity contribution in [1.29, 1.82) is 0 Å². The van der Waals surface area contributed by atoms with Crippen LogP contribution < -0.4 is 20.3 Å². The van der Waals surface area contributed by atoms with E-state index in [-0.39, 0.29) is 0 Å². The predicted octanol–water partition coefficient (Wildman–Crippen LogP) is 4.89. The van der Waals surface area contributed by atoms with Gasteiger partial charge in [-0.15, -0.1) is 0 Å². The number of piperidine rings is 1. The van der Waals surface area contributed by atoms with Crippen LogP contribution in [0.1, 0.15) is 18.4 Å². The van der Waals surface area contributed by atoms with Gasteiger partial charge in [0.2, 0.25) is 5.95 Å². The van der Waals surface area contributed by atoms with E-state index in [1.165, 1.54) is 37.2 Å². The van der Waals surface area contributed by atoms with Crippen LogP contribution in [0.25, 0.3) is 27.8 Å². The van der Waals surface area contributed by atoms with Gasteiger partial charge in [-0.25, -0.2) is 4.98 Å². The van der Waals surface area contributed by atoms with Crippen molar-refractivity contribution < 1.29 is 9.30 Å². The van der Waals surface area contributed by atoms with Crippen LogP contribution in [0.15, 0.2) is 55.1 Å². The first-order chi connectivity index (χ1) is 22.2. The van der Waals surface area contributed by atoms with Crippen molar-refractivity contribution in [3.63, 3.8) is 0 Å². The Hall–Kier alpha value is -4.05. The van der Waals surface area contributed by atoms with Crippen LogP contribution in [0.4, 0.5) is 17.3 Å². The number of piperazine rings is 1. The summed E-state index contributed by atoms with van der Waals surface area (Å²) in [5.41, 5.74) is 6.02. The molecule has 12 heteroatoms. The van der Waals surface area contributed by atoms with Crippen molar-refractivity contribution in [3.05, 3.63) is 60.7 Å². The molecule has 2 saturated heterocycles. The summed E-state index contributed by atoms with van der Waals surface area (Å²) >= 11 is 0.